The summed E-state index contributed by atoms with van der Waals surface area (Å²) in [6.45, 7) is 4.25. The molecule has 3 heteroatoms. The van der Waals surface area contributed by atoms with Gasteiger partial charge >= 0.3 is 0 Å². The number of hydrogen-bond donors (Lipinski definition) is 1. The molecule has 0 unspecified atom stereocenters. The second-order valence-corrected chi connectivity index (χ2v) is 0.843. The minimum atomic E-state index is 0. The Morgan fingerprint density at radius 1 is 1.57 bits per heavy atom. The minimum absolute atomic E-state index is 0. The summed E-state index contributed by atoms with van der Waals surface area (Å²) in [7, 11) is 0. The highest BCUT2D eigenvalue weighted by Gasteiger charge is 1.35. The van der Waals surface area contributed by atoms with E-state index in [2.05, 4.69) is 19.6 Å². The highest BCUT2D eigenvalue weighted by Crippen LogP contribution is 1.56. The van der Waals surface area contributed by atoms with Crippen LogP contribution in [0, 0.1) is 0 Å². The molecule has 2 nitrogen and oxygen atoms in total. The van der Waals surface area contributed by atoms with Crippen molar-refractivity contribution in [1.82, 2.24) is 0 Å². The Hall–Kier alpha value is -0.180. The summed E-state index contributed by atoms with van der Waals surface area (Å²) in [5.41, 5.74) is 4.17. The van der Waals surface area contributed by atoms with Crippen molar-refractivity contribution in [2.24, 2.45) is 5.73 Å². The molecule has 0 rings (SSSR count). The van der Waals surface area contributed by atoms with E-state index in [1.807, 2.05) is 0 Å². The van der Waals surface area contributed by atoms with Crippen LogP contribution >= 0.6 is 13.5 Å². The van der Waals surface area contributed by atoms with Crippen LogP contribution in [0.25, 0.3) is 0 Å². The lowest BCUT2D eigenvalue weighted by Crippen LogP contribution is -1.82. The smallest absolute Gasteiger partial charge is 0.204 e. The van der Waals surface area contributed by atoms with E-state index in [9.17, 15) is 0 Å². The summed E-state index contributed by atoms with van der Waals surface area (Å²) in [6, 6.07) is 0. The van der Waals surface area contributed by atoms with Crippen LogP contribution in [-0.4, -0.2) is 6.41 Å². The fourth-order valence-corrected chi connectivity index (χ4v) is 0. The second kappa shape index (κ2) is 40.8. The van der Waals surface area contributed by atoms with Crippen LogP contribution in [0.3, 0.4) is 0 Å². The van der Waals surface area contributed by atoms with Crippen LogP contribution in [0.15, 0.2) is 0 Å². The first-order chi connectivity index (χ1) is 2.83. The average molecular weight is 123 g/mol. The molecule has 0 saturated heterocycles. The molecule has 0 atom stereocenters. The standard InChI is InChI=1S/C3H8.CH3NO.H2S/c1-3-2;2-1-3;/h3H2,1-2H3;1H,(H2,2,3);1H2. The number of hydrogen-bond acceptors (Lipinski definition) is 1. The van der Waals surface area contributed by atoms with Crippen molar-refractivity contribution in [3.05, 3.63) is 0 Å². The van der Waals surface area contributed by atoms with E-state index < -0.39 is 0 Å². The van der Waals surface area contributed by atoms with Gasteiger partial charge in [-0.15, -0.1) is 0 Å². The highest BCUT2D eigenvalue weighted by molar-refractivity contribution is 7.59. The lowest BCUT2D eigenvalue weighted by atomic mass is 10.6. The third-order valence-electron chi connectivity index (χ3n) is 0. The molecule has 0 radical (unpaired) electrons. The number of amides is 1. The van der Waals surface area contributed by atoms with Crippen molar-refractivity contribution in [1.29, 1.82) is 0 Å². The maximum absolute atomic E-state index is 8.58. The van der Waals surface area contributed by atoms with Gasteiger partial charge in [0.2, 0.25) is 6.41 Å². The third-order valence-corrected chi connectivity index (χ3v) is 0. The maximum atomic E-state index is 8.58. The molecule has 0 aliphatic rings. The van der Waals surface area contributed by atoms with Crippen molar-refractivity contribution in [3.63, 3.8) is 0 Å². The third kappa shape index (κ3) is 2620. The van der Waals surface area contributed by atoms with Crippen molar-refractivity contribution in [2.75, 3.05) is 0 Å². The SMILES string of the molecule is CCC.NC=O.S. The molecule has 0 aromatic heterocycles. The van der Waals surface area contributed by atoms with Gasteiger partial charge in [0.25, 0.3) is 0 Å². The number of carbonyl (C=O) groups is 1. The summed E-state index contributed by atoms with van der Waals surface area (Å²) in [4.78, 5) is 8.58. The Kier molecular flexibility index (Phi) is 92.3. The summed E-state index contributed by atoms with van der Waals surface area (Å²) < 4.78 is 0. The lowest BCUT2D eigenvalue weighted by molar-refractivity contribution is -0.106. The zero-order chi connectivity index (χ0) is 5.41. The monoisotopic (exact) mass is 123 g/mol. The van der Waals surface area contributed by atoms with Crippen molar-refractivity contribution >= 4 is 19.9 Å². The Labute approximate surface area is 51.5 Å². The van der Waals surface area contributed by atoms with Crippen molar-refractivity contribution in [2.45, 2.75) is 20.3 Å². The quantitative estimate of drug-likeness (QED) is 0.472. The number of nitrogens with two attached hydrogens (primary N) is 1. The molecule has 0 aliphatic heterocycles. The van der Waals surface area contributed by atoms with Gasteiger partial charge in [0.1, 0.15) is 0 Å². The zero-order valence-corrected chi connectivity index (χ0v) is 5.77. The van der Waals surface area contributed by atoms with Crippen LogP contribution in [-0.2, 0) is 4.79 Å². The van der Waals surface area contributed by atoms with E-state index in [4.69, 9.17) is 4.79 Å². The maximum Gasteiger partial charge on any atom is 0.204 e. The van der Waals surface area contributed by atoms with Crippen molar-refractivity contribution in [3.8, 4) is 0 Å². The molecule has 0 heterocycles. The zero-order valence-electron chi connectivity index (χ0n) is 4.77. The summed E-state index contributed by atoms with van der Waals surface area (Å²) >= 11 is 0. The van der Waals surface area contributed by atoms with Crippen LogP contribution < -0.4 is 5.73 Å². The van der Waals surface area contributed by atoms with Gasteiger partial charge in [0, 0.05) is 0 Å². The van der Waals surface area contributed by atoms with Crippen LogP contribution in [0.5, 0.6) is 0 Å². The fourth-order valence-electron chi connectivity index (χ4n) is 0. The minimum Gasteiger partial charge on any atom is -0.372 e. The normalized spacial score (nSPS) is 4.29. The summed E-state index contributed by atoms with van der Waals surface area (Å²) in [5, 5.41) is 0. The van der Waals surface area contributed by atoms with Gasteiger partial charge in [-0.3, -0.25) is 4.79 Å². The Morgan fingerprint density at radius 2 is 1.57 bits per heavy atom. The van der Waals surface area contributed by atoms with Crippen LogP contribution in [0.2, 0.25) is 0 Å². The van der Waals surface area contributed by atoms with Gasteiger partial charge in [-0.1, -0.05) is 20.3 Å². The molecule has 0 spiro atoms. The van der Waals surface area contributed by atoms with Crippen LogP contribution in [0.1, 0.15) is 20.3 Å². The molecule has 0 saturated carbocycles. The molecule has 0 aliphatic carbocycles. The highest BCUT2D eigenvalue weighted by atomic mass is 32.1. The van der Waals surface area contributed by atoms with Gasteiger partial charge in [-0.05, 0) is 0 Å². The predicted molar refractivity (Wildman–Crippen MR) is 36.6 cm³/mol. The van der Waals surface area contributed by atoms with Gasteiger partial charge in [0.05, 0.1) is 0 Å². The molecule has 7 heavy (non-hydrogen) atoms. The van der Waals surface area contributed by atoms with E-state index in [1.165, 1.54) is 6.42 Å². The first-order valence-corrected chi connectivity index (χ1v) is 1.98. The molecular weight excluding hydrogens is 110 g/mol. The first kappa shape index (κ1) is 15.8. The molecule has 46 valence electrons. The molecule has 0 fully saturated rings. The molecule has 1 amide bonds. The Morgan fingerprint density at radius 3 is 1.57 bits per heavy atom. The van der Waals surface area contributed by atoms with E-state index in [1.54, 1.807) is 0 Å². The summed E-state index contributed by atoms with van der Waals surface area (Å²) in [5.74, 6) is 0. The van der Waals surface area contributed by atoms with Gasteiger partial charge in [-0.25, -0.2) is 0 Å². The topological polar surface area (TPSA) is 43.1 Å². The molecular formula is C4H13NOS. The van der Waals surface area contributed by atoms with Gasteiger partial charge in [-0.2, -0.15) is 13.5 Å². The largest absolute Gasteiger partial charge is 0.372 e. The fraction of sp³-hybridized carbons (Fsp3) is 0.750. The number of carbonyl (C=O) groups excluding carboxylic acids is 1. The molecule has 0 bridgehead atoms. The molecule has 2 N–H and O–H groups in total. The van der Waals surface area contributed by atoms with Crippen LogP contribution in [0.4, 0.5) is 0 Å². The molecule has 0 aromatic carbocycles. The van der Waals surface area contributed by atoms with Gasteiger partial charge in [0.15, 0.2) is 0 Å². The predicted octanol–water partition coefficient (Wildman–Crippen LogP) is 0.631. The summed E-state index contributed by atoms with van der Waals surface area (Å²) in [6.07, 6.45) is 1.50. The van der Waals surface area contributed by atoms with Gasteiger partial charge < -0.3 is 5.73 Å². The first-order valence-electron chi connectivity index (χ1n) is 1.98. The number of rotatable bonds is 0. The van der Waals surface area contributed by atoms with Crippen molar-refractivity contribution < 1.29 is 4.79 Å². The Balaban J connectivity index is -0.0000000400. The average Bonchev–Trinajstić information content (AvgIpc) is 1.39. The second-order valence-electron chi connectivity index (χ2n) is 0.843. The van der Waals surface area contributed by atoms with E-state index in [0.29, 0.717) is 0 Å². The lowest BCUT2D eigenvalue weighted by Gasteiger charge is -1.48. The number of primary amides is 1. The van der Waals surface area contributed by atoms with E-state index >= 15 is 0 Å². The van der Waals surface area contributed by atoms with E-state index in [-0.39, 0.29) is 19.9 Å². The Bertz CT molecular complexity index is 25.7. The molecule has 0 aromatic rings. The van der Waals surface area contributed by atoms with E-state index in [0.717, 1.165) is 0 Å².